The minimum Gasteiger partial charge on any atom is -0.311 e. The summed E-state index contributed by atoms with van der Waals surface area (Å²) in [4.78, 5) is 6.96. The molecule has 7 aromatic rings. The van der Waals surface area contributed by atoms with Gasteiger partial charge in [-0.3, -0.25) is 0 Å². The molecule has 0 spiro atoms. The molecular weight excluding hydrogens is 546 g/mol. The Morgan fingerprint density at radius 2 is 0.689 bits per heavy atom. The van der Waals surface area contributed by atoms with Crippen molar-refractivity contribution in [1.82, 2.24) is 0 Å². The van der Waals surface area contributed by atoms with Crippen LogP contribution < -0.4 is 14.7 Å². The molecule has 0 N–H and O–H groups in total. The largest absolute Gasteiger partial charge is 0.311 e. The third-order valence-electron chi connectivity index (χ3n) is 8.34. The highest BCUT2D eigenvalue weighted by atomic mass is 15.2. The summed E-state index contributed by atoms with van der Waals surface area (Å²) in [7, 11) is 0. The average Bonchev–Trinajstić information content (AvgIpc) is 3.11. The summed E-state index contributed by atoms with van der Waals surface area (Å²) in [5.74, 6) is 0. The third-order valence-corrected chi connectivity index (χ3v) is 8.34. The molecule has 0 saturated heterocycles. The van der Waals surface area contributed by atoms with Crippen molar-refractivity contribution in [1.29, 1.82) is 0 Å². The molecule has 214 valence electrons. The van der Waals surface area contributed by atoms with Gasteiger partial charge in [0.2, 0.25) is 0 Å². The molecule has 2 bridgehead atoms. The lowest BCUT2D eigenvalue weighted by Crippen LogP contribution is -2.22. The molecule has 0 amide bonds. The molecule has 8 rings (SSSR count). The van der Waals surface area contributed by atoms with E-state index in [9.17, 15) is 0 Å². The molecule has 3 nitrogen and oxygen atoms in total. The van der Waals surface area contributed by atoms with Crippen LogP contribution in [0.5, 0.6) is 0 Å². The van der Waals surface area contributed by atoms with Crippen LogP contribution in [0.3, 0.4) is 0 Å². The Labute approximate surface area is 264 Å². The minimum absolute atomic E-state index is 1.13. The maximum Gasteiger partial charge on any atom is 0.0723 e. The van der Waals surface area contributed by atoms with Crippen molar-refractivity contribution in [3.8, 4) is 11.1 Å². The molecule has 45 heavy (non-hydrogen) atoms. The Hall–Kier alpha value is -6.06. The average molecular weight is 578 g/mol. The summed E-state index contributed by atoms with van der Waals surface area (Å²) < 4.78 is 0. The van der Waals surface area contributed by atoms with E-state index in [-0.39, 0.29) is 0 Å². The van der Waals surface area contributed by atoms with E-state index < -0.39 is 0 Å². The van der Waals surface area contributed by atoms with Crippen LogP contribution in [0.25, 0.3) is 11.1 Å². The van der Waals surface area contributed by atoms with Gasteiger partial charge in [-0.2, -0.15) is 0 Å². The van der Waals surface area contributed by atoms with Crippen molar-refractivity contribution >= 4 is 51.2 Å². The number of para-hydroxylation sites is 4. The summed E-state index contributed by atoms with van der Waals surface area (Å²) in [6.07, 6.45) is 0. The smallest absolute Gasteiger partial charge is 0.0723 e. The summed E-state index contributed by atoms with van der Waals surface area (Å²) >= 11 is 0. The van der Waals surface area contributed by atoms with Crippen LogP contribution in [-0.2, 0) is 0 Å². The van der Waals surface area contributed by atoms with E-state index in [0.717, 1.165) is 39.8 Å². The topological polar surface area (TPSA) is 9.72 Å². The highest BCUT2D eigenvalue weighted by Gasteiger charge is 2.28. The fraction of sp³-hybridized carbons (Fsp3) is 0. The summed E-state index contributed by atoms with van der Waals surface area (Å²) in [6, 6.07) is 66.6. The number of hydrogen-bond acceptors (Lipinski definition) is 3. The Balaban J connectivity index is 1.07. The van der Waals surface area contributed by atoms with E-state index in [1.54, 1.807) is 0 Å². The maximum atomic E-state index is 2.35. The van der Waals surface area contributed by atoms with Crippen molar-refractivity contribution in [3.63, 3.8) is 0 Å². The second kappa shape index (κ2) is 11.6. The zero-order valence-electron chi connectivity index (χ0n) is 24.7. The summed E-state index contributed by atoms with van der Waals surface area (Å²) in [5.41, 5.74) is 12.8. The monoisotopic (exact) mass is 577 g/mol. The number of anilines is 9. The molecule has 1 aliphatic rings. The second-order valence-corrected chi connectivity index (χ2v) is 11.1. The predicted molar refractivity (Wildman–Crippen MR) is 189 cm³/mol. The Kier molecular flexibility index (Phi) is 6.82. The molecule has 0 saturated carbocycles. The molecule has 0 aliphatic carbocycles. The number of nitrogens with zero attached hydrogens (tertiary/aromatic N) is 3. The normalized spacial score (nSPS) is 11.5. The first-order chi connectivity index (χ1) is 22.3. The van der Waals surface area contributed by atoms with Crippen molar-refractivity contribution in [3.05, 3.63) is 188 Å². The third kappa shape index (κ3) is 5.01. The molecular formula is C42H31N3. The predicted octanol–water partition coefficient (Wildman–Crippen LogP) is 12.1. The van der Waals surface area contributed by atoms with Crippen molar-refractivity contribution in [2.75, 3.05) is 14.7 Å². The Bertz CT molecular complexity index is 1940. The molecule has 0 unspecified atom stereocenters. The SMILES string of the molecule is C1=C2C=C(C(N(c3ccccc3)c3ccccc3)=C1)N2c1ccc(-c2ccc(N(c3ccccc3)c3ccccc3)cc2)cc1. The molecule has 0 aromatic heterocycles. The fourth-order valence-electron chi connectivity index (χ4n) is 6.17. The van der Waals surface area contributed by atoms with E-state index in [2.05, 4.69) is 203 Å². The minimum atomic E-state index is 1.13. The molecule has 0 fully saturated rings. The Morgan fingerprint density at radius 3 is 1.13 bits per heavy atom. The lowest BCUT2D eigenvalue weighted by Gasteiger charge is -2.39. The van der Waals surface area contributed by atoms with Gasteiger partial charge < -0.3 is 14.7 Å². The van der Waals surface area contributed by atoms with Crippen LogP contribution in [0.4, 0.5) is 51.2 Å². The zero-order chi connectivity index (χ0) is 30.0. The lowest BCUT2D eigenvalue weighted by atomic mass is 10.0. The number of hydrogen-bond donors (Lipinski definition) is 0. The van der Waals surface area contributed by atoms with Gasteiger partial charge in [-0.1, -0.05) is 97.1 Å². The standard InChI is InChI=1S/C42H31N3/c1-5-13-34(14-6-1)43(35-15-7-2-8-16-35)38-25-21-32(22-26-38)33-23-27-39(28-24-33)45-40-29-30-41(42(45)31-40)44(36-17-9-3-10-18-36)37-19-11-4-12-20-37/h1-31H. The maximum absolute atomic E-state index is 2.35. The van der Waals surface area contributed by atoms with Crippen molar-refractivity contribution < 1.29 is 0 Å². The quantitative estimate of drug-likeness (QED) is 0.178. The van der Waals surface area contributed by atoms with Crippen LogP contribution in [0, 0.1) is 0 Å². The Morgan fingerprint density at radius 1 is 0.311 bits per heavy atom. The lowest BCUT2D eigenvalue weighted by molar-refractivity contribution is 1.17. The van der Waals surface area contributed by atoms with Gasteiger partial charge in [0.05, 0.1) is 11.4 Å². The van der Waals surface area contributed by atoms with Gasteiger partial charge in [-0.05, 0) is 102 Å². The number of fused-ring (bicyclic) bond motifs is 2. The first kappa shape index (κ1) is 26.6. The van der Waals surface area contributed by atoms with E-state index in [1.165, 1.54) is 22.5 Å². The van der Waals surface area contributed by atoms with Crippen LogP contribution in [0.15, 0.2) is 188 Å². The number of benzene rings is 7. The molecule has 1 aliphatic heterocycles. The second-order valence-electron chi connectivity index (χ2n) is 11.1. The van der Waals surface area contributed by atoms with E-state index in [4.69, 9.17) is 0 Å². The van der Waals surface area contributed by atoms with Gasteiger partial charge in [0, 0.05) is 39.8 Å². The molecule has 0 radical (unpaired) electrons. The van der Waals surface area contributed by atoms with Gasteiger partial charge in [-0.25, -0.2) is 0 Å². The van der Waals surface area contributed by atoms with Crippen LogP contribution in [0.2, 0.25) is 0 Å². The highest BCUT2D eigenvalue weighted by Crippen LogP contribution is 2.53. The number of rotatable bonds is 8. The first-order valence-corrected chi connectivity index (χ1v) is 15.3. The highest BCUT2D eigenvalue weighted by molar-refractivity contribution is 5.99. The van der Waals surface area contributed by atoms with Gasteiger partial charge in [0.1, 0.15) is 0 Å². The van der Waals surface area contributed by atoms with Gasteiger partial charge >= 0.3 is 0 Å². The zero-order valence-corrected chi connectivity index (χ0v) is 24.7. The molecule has 3 heteroatoms. The fourth-order valence-corrected chi connectivity index (χ4v) is 6.17. The molecule has 0 atom stereocenters. The van der Waals surface area contributed by atoms with E-state index in [0.29, 0.717) is 0 Å². The van der Waals surface area contributed by atoms with Crippen molar-refractivity contribution in [2.45, 2.75) is 0 Å². The van der Waals surface area contributed by atoms with Gasteiger partial charge in [0.15, 0.2) is 0 Å². The van der Waals surface area contributed by atoms with Gasteiger partial charge in [0.25, 0.3) is 0 Å². The van der Waals surface area contributed by atoms with E-state index in [1.807, 2.05) is 0 Å². The molecule has 1 heterocycles. The summed E-state index contributed by atoms with van der Waals surface area (Å²) in [6.45, 7) is 0. The van der Waals surface area contributed by atoms with Crippen LogP contribution in [0.1, 0.15) is 0 Å². The van der Waals surface area contributed by atoms with Crippen LogP contribution >= 0.6 is 0 Å². The van der Waals surface area contributed by atoms with Gasteiger partial charge in [-0.15, -0.1) is 0 Å². The summed E-state index contributed by atoms with van der Waals surface area (Å²) in [5, 5.41) is 0. The van der Waals surface area contributed by atoms with Crippen LogP contribution in [-0.4, -0.2) is 0 Å². The van der Waals surface area contributed by atoms with Crippen molar-refractivity contribution in [2.24, 2.45) is 0 Å². The first-order valence-electron chi connectivity index (χ1n) is 15.3. The molecule has 7 aromatic carbocycles. The van der Waals surface area contributed by atoms with E-state index >= 15 is 0 Å².